The molecule has 2 nitrogen and oxygen atoms in total. The summed E-state index contributed by atoms with van der Waals surface area (Å²) in [7, 11) is 0. The van der Waals surface area contributed by atoms with Gasteiger partial charge < -0.3 is 5.32 Å². The number of alkyl halides is 1. The fourth-order valence-electron chi connectivity index (χ4n) is 1.08. The summed E-state index contributed by atoms with van der Waals surface area (Å²) in [5, 5.41) is 2.24. The van der Waals surface area contributed by atoms with Crippen LogP contribution >= 0.6 is 11.6 Å². The average molecular weight is 252 g/mol. The van der Waals surface area contributed by atoms with Crippen molar-refractivity contribution in [2.45, 2.75) is 12.8 Å². The van der Waals surface area contributed by atoms with Crippen LogP contribution in [0.4, 0.5) is 18.9 Å². The number of anilines is 1. The molecule has 1 rings (SSSR count). The SMILES string of the molecule is O=C(CCCCl)Nc1cc(F)c(F)c(F)c1. The number of benzene rings is 1. The van der Waals surface area contributed by atoms with E-state index < -0.39 is 23.4 Å². The monoisotopic (exact) mass is 251 g/mol. The van der Waals surface area contributed by atoms with Crippen molar-refractivity contribution in [2.75, 3.05) is 11.2 Å². The molecule has 0 spiro atoms. The Morgan fingerprint density at radius 1 is 1.25 bits per heavy atom. The van der Waals surface area contributed by atoms with Gasteiger partial charge in [0.25, 0.3) is 0 Å². The van der Waals surface area contributed by atoms with Crippen LogP contribution in [0.15, 0.2) is 12.1 Å². The van der Waals surface area contributed by atoms with Gasteiger partial charge in [0.1, 0.15) is 0 Å². The van der Waals surface area contributed by atoms with Crippen molar-refractivity contribution < 1.29 is 18.0 Å². The predicted octanol–water partition coefficient (Wildman–Crippen LogP) is 3.06. The molecule has 16 heavy (non-hydrogen) atoms. The summed E-state index contributed by atoms with van der Waals surface area (Å²) in [6.45, 7) is 0. The van der Waals surface area contributed by atoms with Crippen molar-refractivity contribution in [2.24, 2.45) is 0 Å². The smallest absolute Gasteiger partial charge is 0.224 e. The molecule has 0 saturated heterocycles. The van der Waals surface area contributed by atoms with E-state index in [2.05, 4.69) is 5.32 Å². The van der Waals surface area contributed by atoms with Gasteiger partial charge in [-0.3, -0.25) is 4.79 Å². The highest BCUT2D eigenvalue weighted by atomic mass is 35.5. The Balaban J connectivity index is 2.71. The number of carbonyl (C=O) groups is 1. The molecule has 1 N–H and O–H groups in total. The van der Waals surface area contributed by atoms with E-state index in [0.717, 1.165) is 12.1 Å². The molecule has 88 valence electrons. The van der Waals surface area contributed by atoms with Crippen molar-refractivity contribution in [3.05, 3.63) is 29.6 Å². The van der Waals surface area contributed by atoms with Crippen LogP contribution < -0.4 is 5.32 Å². The minimum absolute atomic E-state index is 0.115. The molecule has 0 bridgehead atoms. The molecule has 0 aromatic heterocycles. The van der Waals surface area contributed by atoms with Crippen LogP contribution in [0.25, 0.3) is 0 Å². The minimum Gasteiger partial charge on any atom is -0.326 e. The maximum Gasteiger partial charge on any atom is 0.224 e. The van der Waals surface area contributed by atoms with Crippen molar-refractivity contribution in [1.82, 2.24) is 0 Å². The molecule has 6 heteroatoms. The molecule has 0 unspecified atom stereocenters. The van der Waals surface area contributed by atoms with Gasteiger partial charge in [0.05, 0.1) is 0 Å². The molecule has 0 fully saturated rings. The van der Waals surface area contributed by atoms with Gasteiger partial charge in [0.2, 0.25) is 5.91 Å². The van der Waals surface area contributed by atoms with Crippen LogP contribution in [0.5, 0.6) is 0 Å². The highest BCUT2D eigenvalue weighted by Gasteiger charge is 2.11. The number of halogens is 4. The molecule has 0 heterocycles. The van der Waals surface area contributed by atoms with E-state index in [1.807, 2.05) is 0 Å². The molecule has 0 aliphatic carbocycles. The van der Waals surface area contributed by atoms with Gasteiger partial charge in [-0.1, -0.05) is 0 Å². The number of nitrogens with one attached hydrogen (secondary N) is 1. The second-order valence-corrected chi connectivity index (χ2v) is 3.47. The third-order valence-corrected chi connectivity index (χ3v) is 2.07. The van der Waals surface area contributed by atoms with Crippen LogP contribution in [0.2, 0.25) is 0 Å². The lowest BCUT2D eigenvalue weighted by molar-refractivity contribution is -0.116. The first-order valence-electron chi connectivity index (χ1n) is 4.55. The standard InChI is InChI=1S/C10H9ClF3NO/c11-3-1-2-9(16)15-6-4-7(12)10(14)8(13)5-6/h4-5H,1-3H2,(H,15,16). The van der Waals surface area contributed by atoms with Gasteiger partial charge in [0, 0.05) is 30.1 Å². The van der Waals surface area contributed by atoms with Gasteiger partial charge in [-0.25, -0.2) is 13.2 Å². The Hall–Kier alpha value is -1.23. The number of amides is 1. The van der Waals surface area contributed by atoms with E-state index in [4.69, 9.17) is 11.6 Å². The highest BCUT2D eigenvalue weighted by molar-refractivity contribution is 6.18. The molecule has 1 amide bonds. The molecular formula is C10H9ClF3NO. The summed E-state index contributed by atoms with van der Waals surface area (Å²) in [5.74, 6) is -4.34. The van der Waals surface area contributed by atoms with Crippen LogP contribution in [-0.2, 0) is 4.79 Å². The molecule has 0 saturated carbocycles. The maximum atomic E-state index is 12.8. The van der Waals surface area contributed by atoms with Crippen molar-refractivity contribution >= 4 is 23.2 Å². The lowest BCUT2D eigenvalue weighted by Gasteiger charge is -2.05. The Kier molecular flexibility index (Phi) is 4.61. The molecule has 0 radical (unpaired) electrons. The first-order chi connectivity index (χ1) is 7.54. The zero-order valence-electron chi connectivity index (χ0n) is 8.20. The topological polar surface area (TPSA) is 29.1 Å². The normalized spacial score (nSPS) is 10.2. The zero-order chi connectivity index (χ0) is 12.1. The van der Waals surface area contributed by atoms with E-state index in [0.29, 0.717) is 12.3 Å². The van der Waals surface area contributed by atoms with Gasteiger partial charge >= 0.3 is 0 Å². The first kappa shape index (κ1) is 12.8. The second kappa shape index (κ2) is 5.75. The van der Waals surface area contributed by atoms with Gasteiger partial charge in [-0.15, -0.1) is 11.6 Å². The lowest BCUT2D eigenvalue weighted by atomic mass is 10.2. The zero-order valence-corrected chi connectivity index (χ0v) is 8.95. The maximum absolute atomic E-state index is 12.8. The number of hydrogen-bond donors (Lipinski definition) is 1. The quantitative estimate of drug-likeness (QED) is 0.647. The summed E-state index contributed by atoms with van der Waals surface area (Å²) in [6.07, 6.45) is 0.601. The van der Waals surface area contributed by atoms with Crippen LogP contribution in [0.1, 0.15) is 12.8 Å². The van der Waals surface area contributed by atoms with E-state index in [-0.39, 0.29) is 12.1 Å². The van der Waals surface area contributed by atoms with Gasteiger partial charge in [-0.05, 0) is 6.42 Å². The van der Waals surface area contributed by atoms with Gasteiger partial charge in [-0.2, -0.15) is 0 Å². The van der Waals surface area contributed by atoms with E-state index in [9.17, 15) is 18.0 Å². The van der Waals surface area contributed by atoms with Gasteiger partial charge in [0.15, 0.2) is 17.5 Å². The largest absolute Gasteiger partial charge is 0.326 e. The Labute approximate surface area is 95.4 Å². The molecule has 0 aliphatic heterocycles. The Morgan fingerprint density at radius 2 is 1.81 bits per heavy atom. The molecular weight excluding hydrogens is 243 g/mol. The van der Waals surface area contributed by atoms with Crippen LogP contribution in [0.3, 0.4) is 0 Å². The summed E-state index contributed by atoms with van der Waals surface area (Å²) in [4.78, 5) is 11.2. The first-order valence-corrected chi connectivity index (χ1v) is 5.08. The number of hydrogen-bond acceptors (Lipinski definition) is 1. The average Bonchev–Trinajstić information content (AvgIpc) is 2.23. The summed E-state index contributed by atoms with van der Waals surface area (Å²) >= 11 is 5.37. The molecule has 1 aromatic rings. The minimum atomic E-state index is -1.56. The van der Waals surface area contributed by atoms with E-state index in [1.54, 1.807) is 0 Å². The fourth-order valence-corrected chi connectivity index (χ4v) is 1.21. The molecule has 1 aromatic carbocycles. The van der Waals surface area contributed by atoms with Crippen molar-refractivity contribution in [1.29, 1.82) is 0 Å². The Morgan fingerprint density at radius 3 is 2.31 bits per heavy atom. The summed E-state index contributed by atoms with van der Waals surface area (Å²) < 4.78 is 38.1. The molecule has 0 aliphatic rings. The summed E-state index contributed by atoms with van der Waals surface area (Å²) in [6, 6.07) is 1.44. The molecule has 0 atom stereocenters. The van der Waals surface area contributed by atoms with E-state index >= 15 is 0 Å². The highest BCUT2D eigenvalue weighted by Crippen LogP contribution is 2.17. The third-order valence-electron chi connectivity index (χ3n) is 1.81. The van der Waals surface area contributed by atoms with Crippen molar-refractivity contribution in [3.8, 4) is 0 Å². The summed E-state index contributed by atoms with van der Waals surface area (Å²) in [5.41, 5.74) is -0.115. The lowest BCUT2D eigenvalue weighted by Crippen LogP contribution is -2.12. The van der Waals surface area contributed by atoms with Crippen LogP contribution in [-0.4, -0.2) is 11.8 Å². The predicted molar refractivity (Wildman–Crippen MR) is 54.9 cm³/mol. The second-order valence-electron chi connectivity index (χ2n) is 3.09. The Bertz CT molecular complexity index is 375. The number of carbonyl (C=O) groups excluding carboxylic acids is 1. The third kappa shape index (κ3) is 3.41. The number of rotatable bonds is 4. The van der Waals surface area contributed by atoms with Crippen LogP contribution in [0, 0.1) is 17.5 Å². The van der Waals surface area contributed by atoms with E-state index in [1.165, 1.54) is 0 Å². The van der Waals surface area contributed by atoms with Crippen molar-refractivity contribution in [3.63, 3.8) is 0 Å². The fraction of sp³-hybridized carbons (Fsp3) is 0.300.